The van der Waals surface area contributed by atoms with Gasteiger partial charge in [0.1, 0.15) is 0 Å². The number of para-hydroxylation sites is 6. The Labute approximate surface area is 480 Å². The van der Waals surface area contributed by atoms with Gasteiger partial charge in [0.2, 0.25) is 0 Å². The lowest BCUT2D eigenvalue weighted by Crippen LogP contribution is -2.00. The molecule has 4 nitrogen and oxygen atoms in total. The Bertz CT molecular complexity index is 5280. The van der Waals surface area contributed by atoms with Crippen LogP contribution in [0.3, 0.4) is 0 Å². The summed E-state index contributed by atoms with van der Waals surface area (Å²) in [5.41, 5.74) is 24.6. The zero-order valence-electron chi connectivity index (χ0n) is 45.4. The molecule has 1 aliphatic rings. The smallest absolute Gasteiger partial charge is 0.0562 e. The van der Waals surface area contributed by atoms with Crippen molar-refractivity contribution in [2.75, 3.05) is 0 Å². The van der Waals surface area contributed by atoms with Crippen LogP contribution in [-0.4, -0.2) is 18.3 Å². The molecule has 388 valence electrons. The van der Waals surface area contributed by atoms with Gasteiger partial charge in [-0.1, -0.05) is 200 Å². The topological polar surface area (TPSA) is 19.7 Å². The lowest BCUT2D eigenvalue weighted by atomic mass is 9.84. The van der Waals surface area contributed by atoms with Gasteiger partial charge in [0, 0.05) is 78.1 Å². The van der Waals surface area contributed by atoms with Crippen molar-refractivity contribution in [3.8, 4) is 67.3 Å². The molecular weight excluding hydrogens is 1000 g/mol. The Morgan fingerprint density at radius 2 is 0.675 bits per heavy atom. The molecule has 0 radical (unpaired) electrons. The van der Waals surface area contributed by atoms with E-state index in [0.29, 0.717) is 0 Å². The second kappa shape index (κ2) is 18.8. The number of hydrogen-bond donors (Lipinski definition) is 0. The second-order valence-corrected chi connectivity index (χ2v) is 22.0. The van der Waals surface area contributed by atoms with Gasteiger partial charge in [0.15, 0.2) is 0 Å². The standard InChI is InChI=1S/C79H52N4/c1-4-22-53(23-5-1)79-67(52-42-44-58(45-43-52)80-71-36-9-3-8-30-61(71)62-31-10-15-37-72(62)80)48-56(49-68(79)55-25-21-29-60(47-55)82-73-38-16-11-32-63(73)64-33-12-17-39-74(64)82)54-24-20-28-59(46-54)83-76-41-19-14-35-66(76)70-50-69-65-34-13-18-40-75(65)81(77(69)51-78(70)83)57-26-6-2-7-27-57/h1-35,37-51H,36H2. The molecule has 83 heavy (non-hydrogen) atoms. The van der Waals surface area contributed by atoms with E-state index in [-0.39, 0.29) is 0 Å². The molecule has 4 heteroatoms. The molecule has 0 saturated heterocycles. The number of aromatic nitrogens is 4. The van der Waals surface area contributed by atoms with Crippen LogP contribution < -0.4 is 0 Å². The maximum atomic E-state index is 2.48. The van der Waals surface area contributed by atoms with Gasteiger partial charge in [-0.25, -0.2) is 0 Å². The highest BCUT2D eigenvalue weighted by atomic mass is 15.0. The molecule has 0 amide bonds. The average Bonchev–Trinajstić information content (AvgIpc) is 4.37. The molecule has 0 N–H and O–H groups in total. The fourth-order valence-corrected chi connectivity index (χ4v) is 13.8. The zero-order chi connectivity index (χ0) is 54.5. The number of rotatable bonds is 8. The van der Waals surface area contributed by atoms with Crippen LogP contribution in [0.25, 0.3) is 150 Å². The van der Waals surface area contributed by atoms with Gasteiger partial charge in [-0.15, -0.1) is 0 Å². The van der Waals surface area contributed by atoms with E-state index in [9.17, 15) is 0 Å². The predicted molar refractivity (Wildman–Crippen MR) is 350 cm³/mol. The van der Waals surface area contributed by atoms with Crippen molar-refractivity contribution in [1.29, 1.82) is 0 Å². The minimum Gasteiger partial charge on any atom is -0.313 e. The molecule has 0 fully saturated rings. The number of benzene rings is 12. The predicted octanol–water partition coefficient (Wildman–Crippen LogP) is 20.7. The molecule has 0 saturated carbocycles. The van der Waals surface area contributed by atoms with Gasteiger partial charge >= 0.3 is 0 Å². The Hall–Kier alpha value is -10.9. The van der Waals surface area contributed by atoms with E-state index in [1.165, 1.54) is 87.6 Å². The molecular formula is C79H52N4. The van der Waals surface area contributed by atoms with Crippen LogP contribution in [0.15, 0.2) is 297 Å². The normalized spacial score (nSPS) is 12.4. The molecule has 4 heterocycles. The first-order valence-electron chi connectivity index (χ1n) is 28.7. The third-order valence-corrected chi connectivity index (χ3v) is 17.4. The summed E-state index contributed by atoms with van der Waals surface area (Å²) in [6, 6.07) is 103. The molecule has 12 aromatic carbocycles. The highest BCUT2D eigenvalue weighted by Crippen LogP contribution is 2.46. The van der Waals surface area contributed by atoms with Gasteiger partial charge in [0.05, 0.1) is 38.6 Å². The van der Waals surface area contributed by atoms with Crippen LogP contribution in [0.1, 0.15) is 11.3 Å². The summed E-state index contributed by atoms with van der Waals surface area (Å²) in [5, 5.41) is 8.71. The van der Waals surface area contributed by atoms with Crippen molar-refractivity contribution in [3.63, 3.8) is 0 Å². The Morgan fingerprint density at radius 3 is 1.28 bits per heavy atom. The summed E-state index contributed by atoms with van der Waals surface area (Å²) in [6.45, 7) is 0. The van der Waals surface area contributed by atoms with E-state index in [2.05, 4.69) is 322 Å². The third-order valence-electron chi connectivity index (χ3n) is 17.4. The van der Waals surface area contributed by atoms with Crippen molar-refractivity contribution < 1.29 is 0 Å². The van der Waals surface area contributed by atoms with E-state index in [0.717, 1.165) is 73.6 Å². The summed E-state index contributed by atoms with van der Waals surface area (Å²) in [7, 11) is 0. The van der Waals surface area contributed by atoms with E-state index < -0.39 is 0 Å². The minimum atomic E-state index is 0.853. The molecule has 0 aliphatic heterocycles. The van der Waals surface area contributed by atoms with Gasteiger partial charge in [-0.2, -0.15) is 0 Å². The summed E-state index contributed by atoms with van der Waals surface area (Å²) in [5.74, 6) is 0. The van der Waals surface area contributed by atoms with Crippen molar-refractivity contribution in [2.24, 2.45) is 0 Å². The summed E-state index contributed by atoms with van der Waals surface area (Å²) < 4.78 is 9.79. The zero-order valence-corrected chi connectivity index (χ0v) is 45.4. The van der Waals surface area contributed by atoms with Gasteiger partial charge in [-0.3, -0.25) is 0 Å². The number of hydrogen-bond acceptors (Lipinski definition) is 0. The van der Waals surface area contributed by atoms with Crippen LogP contribution in [0.4, 0.5) is 0 Å². The first kappa shape index (κ1) is 46.9. The molecule has 0 atom stereocenters. The third kappa shape index (κ3) is 7.40. The first-order chi connectivity index (χ1) is 41.2. The fourth-order valence-electron chi connectivity index (χ4n) is 13.8. The lowest BCUT2D eigenvalue weighted by molar-refractivity contribution is 1.00. The molecule has 4 aromatic heterocycles. The Kier molecular flexibility index (Phi) is 10.7. The van der Waals surface area contributed by atoms with Crippen LogP contribution in [-0.2, 0) is 6.42 Å². The molecule has 0 bridgehead atoms. The van der Waals surface area contributed by atoms with Crippen molar-refractivity contribution >= 4 is 82.4 Å². The maximum Gasteiger partial charge on any atom is 0.0562 e. The fraction of sp³-hybridized carbons (Fsp3) is 0.0127. The SMILES string of the molecule is C1=CCc2c(c3ccccc3n2-c2ccc(-c3cc(-c4cccc(-n5c6ccccc6c6cc7c8ccccc8n(-c8ccccc8)c7cc65)c4)cc(-c4cccc(-n5c6ccccc6c6ccccc65)c4)c3-c3ccccc3)cc2)C=C1. The van der Waals surface area contributed by atoms with Crippen molar-refractivity contribution in [3.05, 3.63) is 309 Å². The molecule has 0 unspecified atom stereocenters. The van der Waals surface area contributed by atoms with Gasteiger partial charge in [0.25, 0.3) is 0 Å². The molecule has 17 rings (SSSR count). The number of nitrogens with zero attached hydrogens (tertiary/aromatic N) is 4. The van der Waals surface area contributed by atoms with E-state index in [1.54, 1.807) is 0 Å². The minimum absolute atomic E-state index is 0.853. The second-order valence-electron chi connectivity index (χ2n) is 22.0. The van der Waals surface area contributed by atoms with E-state index >= 15 is 0 Å². The summed E-state index contributed by atoms with van der Waals surface area (Å²) >= 11 is 0. The Morgan fingerprint density at radius 1 is 0.241 bits per heavy atom. The van der Waals surface area contributed by atoms with E-state index in [4.69, 9.17) is 0 Å². The highest BCUT2D eigenvalue weighted by Gasteiger charge is 2.23. The number of allylic oxidation sites excluding steroid dienone is 3. The molecule has 0 spiro atoms. The number of fused-ring (bicyclic) bond motifs is 12. The average molecular weight is 1060 g/mol. The Balaban J connectivity index is 0.900. The summed E-state index contributed by atoms with van der Waals surface area (Å²) in [6.07, 6.45) is 9.72. The van der Waals surface area contributed by atoms with Crippen LogP contribution >= 0.6 is 0 Å². The van der Waals surface area contributed by atoms with Crippen LogP contribution in [0.2, 0.25) is 0 Å². The van der Waals surface area contributed by atoms with Gasteiger partial charge < -0.3 is 18.3 Å². The van der Waals surface area contributed by atoms with Crippen molar-refractivity contribution in [2.45, 2.75) is 6.42 Å². The van der Waals surface area contributed by atoms with Crippen molar-refractivity contribution in [1.82, 2.24) is 18.3 Å². The van der Waals surface area contributed by atoms with E-state index in [1.807, 2.05) is 0 Å². The van der Waals surface area contributed by atoms with Gasteiger partial charge in [-0.05, 0) is 148 Å². The van der Waals surface area contributed by atoms with Crippen LogP contribution in [0, 0.1) is 0 Å². The maximum absolute atomic E-state index is 2.48. The van der Waals surface area contributed by atoms with Crippen LogP contribution in [0.5, 0.6) is 0 Å². The summed E-state index contributed by atoms with van der Waals surface area (Å²) in [4.78, 5) is 0. The highest BCUT2D eigenvalue weighted by molar-refractivity contribution is 6.19. The molecule has 16 aromatic rings. The largest absolute Gasteiger partial charge is 0.313 e. The quantitative estimate of drug-likeness (QED) is 0.145. The lowest BCUT2D eigenvalue weighted by Gasteiger charge is -2.21. The molecule has 1 aliphatic carbocycles. The first-order valence-corrected chi connectivity index (χ1v) is 28.7. The monoisotopic (exact) mass is 1060 g/mol.